The molecule has 1 amide bonds. The third-order valence-electron chi connectivity index (χ3n) is 10.3. The molecule has 3 aromatic heterocycles. The average Bonchev–Trinajstić information content (AvgIpc) is 3.89. The molecule has 0 radical (unpaired) electrons. The van der Waals surface area contributed by atoms with E-state index in [0.29, 0.717) is 45.0 Å². The van der Waals surface area contributed by atoms with Crippen LogP contribution in [0.2, 0.25) is 0 Å². The molecule has 14 nitrogen and oxygen atoms in total. The number of nitrogens with zero attached hydrogens (tertiary/aromatic N) is 6. The van der Waals surface area contributed by atoms with E-state index in [-0.39, 0.29) is 11.9 Å². The van der Waals surface area contributed by atoms with Gasteiger partial charge in [0.15, 0.2) is 0 Å². The van der Waals surface area contributed by atoms with Crippen LogP contribution in [0.4, 0.5) is 11.8 Å². The Bertz CT molecular complexity index is 1660. The number of anilines is 2. The van der Waals surface area contributed by atoms with Crippen molar-refractivity contribution in [3.05, 3.63) is 58.5 Å². The van der Waals surface area contributed by atoms with Gasteiger partial charge in [-0.25, -0.2) is 4.98 Å². The van der Waals surface area contributed by atoms with Gasteiger partial charge in [-0.3, -0.25) is 14.8 Å². The number of piperidine rings is 1. The van der Waals surface area contributed by atoms with Crippen LogP contribution in [0, 0.1) is 0 Å². The normalized spacial score (nSPS) is 16.9. The van der Waals surface area contributed by atoms with E-state index in [2.05, 4.69) is 36.9 Å². The predicted molar refractivity (Wildman–Crippen MR) is 211 cm³/mol. The molecule has 2 fully saturated rings. The van der Waals surface area contributed by atoms with E-state index < -0.39 is 12.3 Å². The molecular formula is C38H58N12O2S. The third-order valence-corrected chi connectivity index (χ3v) is 11.2. The summed E-state index contributed by atoms with van der Waals surface area (Å²) in [6.07, 6.45) is 12.4. The van der Waals surface area contributed by atoms with Crippen LogP contribution in [0.3, 0.4) is 0 Å². The minimum Gasteiger partial charge on any atom is -0.377 e. The van der Waals surface area contributed by atoms with Crippen LogP contribution in [0.1, 0.15) is 81.2 Å². The third kappa shape index (κ3) is 12.4. The lowest BCUT2D eigenvalue weighted by Crippen LogP contribution is -2.46. The molecule has 1 saturated heterocycles. The van der Waals surface area contributed by atoms with Gasteiger partial charge in [-0.1, -0.05) is 42.7 Å². The zero-order chi connectivity index (χ0) is 36.7. The van der Waals surface area contributed by atoms with Gasteiger partial charge >= 0.3 is 0 Å². The fraction of sp³-hybridized carbons (Fsp3) is 0.605. The summed E-state index contributed by atoms with van der Waals surface area (Å²) in [7, 11) is 0. The fourth-order valence-corrected chi connectivity index (χ4v) is 7.78. The van der Waals surface area contributed by atoms with Crippen molar-refractivity contribution in [2.45, 2.75) is 115 Å². The van der Waals surface area contributed by atoms with Crippen molar-refractivity contribution in [1.82, 2.24) is 45.8 Å². The van der Waals surface area contributed by atoms with Gasteiger partial charge in [-0.05, 0) is 88.2 Å². The highest BCUT2D eigenvalue weighted by Crippen LogP contribution is 2.25. The monoisotopic (exact) mass is 746 g/mol. The van der Waals surface area contributed by atoms with Crippen LogP contribution in [0.15, 0.2) is 48.0 Å². The number of benzene rings is 1. The molecule has 1 aromatic carbocycles. The summed E-state index contributed by atoms with van der Waals surface area (Å²) in [6.45, 7) is 6.24. The lowest BCUT2D eigenvalue weighted by molar-refractivity contribution is -0.132. The largest absolute Gasteiger partial charge is 0.377 e. The number of aliphatic hydroxyl groups is 1. The molecule has 1 aliphatic carbocycles. The van der Waals surface area contributed by atoms with Crippen molar-refractivity contribution in [3.8, 4) is 0 Å². The number of carbonyl (C=O) groups is 1. The van der Waals surface area contributed by atoms with Gasteiger partial charge in [0.2, 0.25) is 11.9 Å². The molecule has 0 bridgehead atoms. The smallest absolute Gasteiger partial charge is 0.225 e. The molecule has 1 unspecified atom stereocenters. The first-order chi connectivity index (χ1) is 26.0. The Morgan fingerprint density at radius 1 is 0.962 bits per heavy atom. The number of aliphatic hydroxyl groups excluding tert-OH is 1. The predicted octanol–water partition coefficient (Wildman–Crippen LogP) is 3.81. The number of aromatic nitrogens is 5. The quantitative estimate of drug-likeness (QED) is 0.0485. The number of nitrogens with one attached hydrogen (secondary N) is 5. The number of para-hydroxylation sites is 1. The molecular weight excluding hydrogens is 689 g/mol. The Kier molecular flexibility index (Phi) is 15.2. The first-order valence-corrected chi connectivity index (χ1v) is 20.5. The Balaban J connectivity index is 0.897. The van der Waals surface area contributed by atoms with Crippen LogP contribution in [0.25, 0.3) is 10.9 Å². The molecule has 288 valence electrons. The fourth-order valence-electron chi connectivity index (χ4n) is 7.12. The number of fused-ring (bicyclic) bond motifs is 1. The van der Waals surface area contributed by atoms with Gasteiger partial charge in [0, 0.05) is 61.0 Å². The van der Waals surface area contributed by atoms with Crippen molar-refractivity contribution >= 4 is 39.9 Å². The SMILES string of the molecule is N[C@@H](CCC(=O)N1CCC(Nc2nc(NCc3cn(CCCNCCCNC4CCCCC4)nn3)nc3ccccc23)CC1)C(O)NCc1cccs1. The summed E-state index contributed by atoms with van der Waals surface area (Å²) in [5.41, 5.74) is 7.88. The molecule has 2 aliphatic rings. The van der Waals surface area contributed by atoms with Crippen molar-refractivity contribution in [3.63, 3.8) is 0 Å². The van der Waals surface area contributed by atoms with Crippen molar-refractivity contribution < 1.29 is 9.90 Å². The van der Waals surface area contributed by atoms with Crippen LogP contribution in [0.5, 0.6) is 0 Å². The van der Waals surface area contributed by atoms with E-state index >= 15 is 0 Å². The second-order valence-corrected chi connectivity index (χ2v) is 15.4. The van der Waals surface area contributed by atoms with Gasteiger partial charge in [0.1, 0.15) is 17.7 Å². The van der Waals surface area contributed by atoms with Gasteiger partial charge in [0.05, 0.1) is 18.3 Å². The molecule has 15 heteroatoms. The lowest BCUT2D eigenvalue weighted by atomic mass is 9.95. The molecule has 2 atom stereocenters. The maximum atomic E-state index is 13.0. The number of hydrogen-bond donors (Lipinski definition) is 7. The Labute approximate surface area is 317 Å². The van der Waals surface area contributed by atoms with Crippen molar-refractivity contribution in [1.29, 1.82) is 0 Å². The standard InChI is InChI=1S/C38H58N12O2S/c39-33(37(52)42-26-31-11-6-24-53-31)14-15-35(51)49-22-16-29(17-23-49)44-36-32-12-4-5-13-34(32)45-38(46-36)43-25-30-27-50(48-47-30)21-8-19-40-18-7-20-41-28-9-2-1-3-10-28/h4-6,11-13,24,27-29,33,37,40-42,52H,1-3,7-10,14-23,25-26,39H2,(H2,43,44,45,46)/t33-,37?/m0/s1. The first-order valence-electron chi connectivity index (χ1n) is 19.6. The number of carbonyl (C=O) groups excluding carboxylic acids is 1. The summed E-state index contributed by atoms with van der Waals surface area (Å²) >= 11 is 1.63. The van der Waals surface area contributed by atoms with Crippen molar-refractivity contribution in [2.24, 2.45) is 5.73 Å². The molecule has 4 aromatic rings. The highest BCUT2D eigenvalue weighted by atomic mass is 32.1. The van der Waals surface area contributed by atoms with Crippen molar-refractivity contribution in [2.75, 3.05) is 43.4 Å². The number of likely N-dealkylation sites (tertiary alicyclic amines) is 1. The minimum atomic E-state index is -0.860. The first kappa shape index (κ1) is 39.0. The van der Waals surface area contributed by atoms with E-state index in [0.717, 1.165) is 85.2 Å². The number of hydrogen-bond acceptors (Lipinski definition) is 13. The molecule has 1 aliphatic heterocycles. The van der Waals surface area contributed by atoms with E-state index in [4.69, 9.17) is 15.7 Å². The Hall–Kier alpha value is -3.73. The van der Waals surface area contributed by atoms with Gasteiger partial charge in [-0.2, -0.15) is 4.98 Å². The van der Waals surface area contributed by atoms with Crippen LogP contribution in [-0.2, 0) is 24.4 Å². The number of thiophene rings is 1. The van der Waals surface area contributed by atoms with E-state index in [1.807, 2.05) is 57.6 Å². The Morgan fingerprint density at radius 2 is 1.79 bits per heavy atom. The van der Waals surface area contributed by atoms with Gasteiger partial charge < -0.3 is 37.0 Å². The number of amides is 1. The molecule has 0 spiro atoms. The zero-order valence-electron chi connectivity index (χ0n) is 30.9. The summed E-state index contributed by atoms with van der Waals surface area (Å²) in [5.74, 6) is 1.38. The molecule has 6 rings (SSSR count). The van der Waals surface area contributed by atoms with Gasteiger partial charge in [0.25, 0.3) is 0 Å². The Morgan fingerprint density at radius 3 is 2.62 bits per heavy atom. The topological polar surface area (TPSA) is 183 Å². The number of nitrogens with two attached hydrogens (primary N) is 1. The maximum absolute atomic E-state index is 13.0. The average molecular weight is 747 g/mol. The minimum absolute atomic E-state index is 0.0740. The highest BCUT2D eigenvalue weighted by molar-refractivity contribution is 7.09. The second-order valence-electron chi connectivity index (χ2n) is 14.4. The van der Waals surface area contributed by atoms with E-state index in [1.54, 1.807) is 11.3 Å². The second kappa shape index (κ2) is 20.7. The summed E-state index contributed by atoms with van der Waals surface area (Å²) in [5, 5.41) is 39.4. The lowest BCUT2D eigenvalue weighted by Gasteiger charge is -2.33. The van der Waals surface area contributed by atoms with Gasteiger partial charge in [-0.15, -0.1) is 16.4 Å². The van der Waals surface area contributed by atoms with E-state index in [1.165, 1.54) is 32.1 Å². The molecule has 4 heterocycles. The summed E-state index contributed by atoms with van der Waals surface area (Å²) < 4.78 is 1.90. The number of rotatable bonds is 21. The molecule has 1 saturated carbocycles. The van der Waals surface area contributed by atoms with Crippen LogP contribution >= 0.6 is 11.3 Å². The summed E-state index contributed by atoms with van der Waals surface area (Å²) in [6, 6.07) is 12.4. The zero-order valence-corrected chi connectivity index (χ0v) is 31.7. The van der Waals surface area contributed by atoms with Crippen LogP contribution in [-0.4, -0.2) is 98.0 Å². The molecule has 8 N–H and O–H groups in total. The molecule has 53 heavy (non-hydrogen) atoms. The number of aryl methyl sites for hydroxylation is 1. The van der Waals surface area contributed by atoms with Crippen LogP contribution < -0.4 is 32.3 Å². The maximum Gasteiger partial charge on any atom is 0.225 e. The highest BCUT2D eigenvalue weighted by Gasteiger charge is 2.25. The summed E-state index contributed by atoms with van der Waals surface area (Å²) in [4.78, 5) is 25.7. The van der Waals surface area contributed by atoms with E-state index in [9.17, 15) is 9.90 Å².